The average Bonchev–Trinajstić information content (AvgIpc) is 2.48. The molecule has 1 unspecified atom stereocenters. The second-order valence-corrected chi connectivity index (χ2v) is 4.09. The minimum absolute atomic E-state index is 0.374. The van der Waals surface area contributed by atoms with Crippen LogP contribution in [0, 0.1) is 0 Å². The molecule has 0 spiro atoms. The third-order valence-corrected chi connectivity index (χ3v) is 2.70. The van der Waals surface area contributed by atoms with Crippen LogP contribution >= 0.6 is 0 Å². The van der Waals surface area contributed by atoms with Gasteiger partial charge in [-0.15, -0.1) is 0 Å². The molecule has 1 heterocycles. The smallest absolute Gasteiger partial charge is 0.243 e. The number of carbonyl (C=O) groups is 1. The van der Waals surface area contributed by atoms with E-state index in [-0.39, 0.29) is 6.61 Å². The first kappa shape index (κ1) is 13.2. The standard InChI is InChI=1S/C14H15N3O2/c15-13(9-18)14(19)17-12-3-1-10(2-4-12)11-5-7-16-8-6-11/h1-8,13,18H,9,15H2,(H,17,19). The van der Waals surface area contributed by atoms with Gasteiger partial charge in [0.05, 0.1) is 6.61 Å². The van der Waals surface area contributed by atoms with Crippen molar-refractivity contribution in [2.75, 3.05) is 11.9 Å². The van der Waals surface area contributed by atoms with Gasteiger partial charge in [0.15, 0.2) is 0 Å². The number of hydrogen-bond acceptors (Lipinski definition) is 4. The molecule has 0 fully saturated rings. The van der Waals surface area contributed by atoms with E-state index in [4.69, 9.17) is 10.8 Å². The zero-order valence-electron chi connectivity index (χ0n) is 10.3. The highest BCUT2D eigenvalue weighted by Gasteiger charge is 2.11. The molecule has 2 aromatic rings. The number of carbonyl (C=O) groups excluding carboxylic acids is 1. The van der Waals surface area contributed by atoms with Gasteiger partial charge >= 0.3 is 0 Å². The number of amides is 1. The predicted molar refractivity (Wildman–Crippen MR) is 73.4 cm³/mol. The van der Waals surface area contributed by atoms with E-state index in [2.05, 4.69) is 10.3 Å². The number of nitrogens with zero attached hydrogens (tertiary/aromatic N) is 1. The van der Waals surface area contributed by atoms with E-state index in [0.717, 1.165) is 11.1 Å². The molecule has 0 aliphatic heterocycles. The number of rotatable bonds is 4. The van der Waals surface area contributed by atoms with Crippen LogP contribution < -0.4 is 11.1 Å². The van der Waals surface area contributed by atoms with Crippen LogP contribution in [0.1, 0.15) is 0 Å². The Morgan fingerprint density at radius 2 is 1.74 bits per heavy atom. The first-order valence-corrected chi connectivity index (χ1v) is 5.88. The van der Waals surface area contributed by atoms with Gasteiger partial charge in [0, 0.05) is 18.1 Å². The quantitative estimate of drug-likeness (QED) is 0.762. The number of hydrogen-bond donors (Lipinski definition) is 3. The van der Waals surface area contributed by atoms with Gasteiger partial charge in [-0.05, 0) is 35.4 Å². The SMILES string of the molecule is NC(CO)C(=O)Nc1ccc(-c2ccncc2)cc1. The van der Waals surface area contributed by atoms with Gasteiger partial charge in [-0.2, -0.15) is 0 Å². The van der Waals surface area contributed by atoms with E-state index in [1.807, 2.05) is 24.3 Å². The Bertz CT molecular complexity index is 540. The Labute approximate surface area is 111 Å². The van der Waals surface area contributed by atoms with Crippen LogP contribution in [0.25, 0.3) is 11.1 Å². The molecule has 98 valence electrons. The number of anilines is 1. The molecule has 0 radical (unpaired) electrons. The van der Waals surface area contributed by atoms with Crippen LogP contribution in [-0.4, -0.2) is 28.6 Å². The molecule has 1 atom stereocenters. The number of benzene rings is 1. The van der Waals surface area contributed by atoms with Crippen LogP contribution in [-0.2, 0) is 4.79 Å². The number of nitrogens with two attached hydrogens (primary N) is 1. The summed E-state index contributed by atoms with van der Waals surface area (Å²) in [5.41, 5.74) is 8.15. The molecule has 19 heavy (non-hydrogen) atoms. The normalized spacial score (nSPS) is 11.9. The van der Waals surface area contributed by atoms with Crippen molar-refractivity contribution in [3.63, 3.8) is 0 Å². The van der Waals surface area contributed by atoms with Crippen molar-refractivity contribution in [1.29, 1.82) is 0 Å². The Morgan fingerprint density at radius 1 is 1.16 bits per heavy atom. The fourth-order valence-corrected chi connectivity index (χ4v) is 1.61. The zero-order valence-corrected chi connectivity index (χ0v) is 10.3. The molecule has 0 aliphatic carbocycles. The van der Waals surface area contributed by atoms with Crippen molar-refractivity contribution in [3.8, 4) is 11.1 Å². The van der Waals surface area contributed by atoms with Crippen molar-refractivity contribution < 1.29 is 9.90 Å². The van der Waals surface area contributed by atoms with Crippen LogP contribution in [0.15, 0.2) is 48.8 Å². The third-order valence-electron chi connectivity index (χ3n) is 2.70. The molecule has 4 N–H and O–H groups in total. The van der Waals surface area contributed by atoms with E-state index in [1.165, 1.54) is 0 Å². The minimum Gasteiger partial charge on any atom is -0.394 e. The predicted octanol–water partition coefficient (Wildman–Crippen LogP) is 1.01. The molecule has 1 amide bonds. The highest BCUT2D eigenvalue weighted by Crippen LogP contribution is 2.20. The maximum Gasteiger partial charge on any atom is 0.243 e. The summed E-state index contributed by atoms with van der Waals surface area (Å²) in [6.07, 6.45) is 3.45. The van der Waals surface area contributed by atoms with Crippen LogP contribution in [0.2, 0.25) is 0 Å². The first-order valence-electron chi connectivity index (χ1n) is 5.88. The van der Waals surface area contributed by atoms with Crippen molar-refractivity contribution in [3.05, 3.63) is 48.8 Å². The van der Waals surface area contributed by atoms with E-state index >= 15 is 0 Å². The van der Waals surface area contributed by atoms with E-state index in [0.29, 0.717) is 5.69 Å². The topological polar surface area (TPSA) is 88.2 Å². The lowest BCUT2D eigenvalue weighted by Gasteiger charge is -2.10. The van der Waals surface area contributed by atoms with Crippen molar-refractivity contribution in [2.45, 2.75) is 6.04 Å². The highest BCUT2D eigenvalue weighted by atomic mass is 16.3. The van der Waals surface area contributed by atoms with E-state index < -0.39 is 11.9 Å². The van der Waals surface area contributed by atoms with Gasteiger partial charge in [0.2, 0.25) is 5.91 Å². The number of aliphatic hydroxyl groups excluding tert-OH is 1. The summed E-state index contributed by atoms with van der Waals surface area (Å²) in [7, 11) is 0. The summed E-state index contributed by atoms with van der Waals surface area (Å²) < 4.78 is 0. The van der Waals surface area contributed by atoms with Gasteiger partial charge in [0.1, 0.15) is 6.04 Å². The number of pyridine rings is 1. The lowest BCUT2D eigenvalue weighted by atomic mass is 10.1. The van der Waals surface area contributed by atoms with Crippen LogP contribution in [0.3, 0.4) is 0 Å². The Morgan fingerprint density at radius 3 is 2.32 bits per heavy atom. The summed E-state index contributed by atoms with van der Waals surface area (Å²) in [5, 5.41) is 11.4. The van der Waals surface area contributed by atoms with Crippen molar-refractivity contribution in [2.24, 2.45) is 5.73 Å². The summed E-state index contributed by atoms with van der Waals surface area (Å²) in [6, 6.07) is 10.3. The monoisotopic (exact) mass is 257 g/mol. The fraction of sp³-hybridized carbons (Fsp3) is 0.143. The number of nitrogens with one attached hydrogen (secondary N) is 1. The molecule has 5 heteroatoms. The first-order chi connectivity index (χ1) is 9.20. The molecule has 1 aromatic heterocycles. The summed E-state index contributed by atoms with van der Waals surface area (Å²) >= 11 is 0. The van der Waals surface area contributed by atoms with Gasteiger partial charge < -0.3 is 16.2 Å². The maximum absolute atomic E-state index is 11.5. The molecular formula is C14H15N3O2. The Hall–Kier alpha value is -2.24. The summed E-state index contributed by atoms with van der Waals surface area (Å²) in [5.74, 6) is -0.404. The average molecular weight is 257 g/mol. The number of aromatic nitrogens is 1. The van der Waals surface area contributed by atoms with Gasteiger partial charge in [0.25, 0.3) is 0 Å². The largest absolute Gasteiger partial charge is 0.394 e. The van der Waals surface area contributed by atoms with Gasteiger partial charge in [-0.3, -0.25) is 9.78 Å². The Kier molecular flexibility index (Phi) is 4.22. The second-order valence-electron chi connectivity index (χ2n) is 4.09. The van der Waals surface area contributed by atoms with Gasteiger partial charge in [-0.1, -0.05) is 12.1 Å². The molecule has 0 saturated carbocycles. The minimum atomic E-state index is -0.903. The summed E-state index contributed by atoms with van der Waals surface area (Å²) in [6.45, 7) is -0.374. The van der Waals surface area contributed by atoms with Crippen LogP contribution in [0.5, 0.6) is 0 Å². The number of aliphatic hydroxyl groups is 1. The maximum atomic E-state index is 11.5. The zero-order chi connectivity index (χ0) is 13.7. The summed E-state index contributed by atoms with van der Waals surface area (Å²) in [4.78, 5) is 15.5. The lowest BCUT2D eigenvalue weighted by molar-refractivity contribution is -0.118. The lowest BCUT2D eigenvalue weighted by Crippen LogP contribution is -2.38. The van der Waals surface area contributed by atoms with E-state index in [1.54, 1.807) is 24.5 Å². The molecule has 0 saturated heterocycles. The molecule has 2 rings (SSSR count). The highest BCUT2D eigenvalue weighted by molar-refractivity contribution is 5.94. The second kappa shape index (κ2) is 6.08. The Balaban J connectivity index is 2.09. The van der Waals surface area contributed by atoms with Gasteiger partial charge in [-0.25, -0.2) is 0 Å². The molecule has 1 aromatic carbocycles. The van der Waals surface area contributed by atoms with Crippen molar-refractivity contribution >= 4 is 11.6 Å². The molecular weight excluding hydrogens is 242 g/mol. The molecule has 0 bridgehead atoms. The molecule has 5 nitrogen and oxygen atoms in total. The van der Waals surface area contributed by atoms with Crippen molar-refractivity contribution in [1.82, 2.24) is 4.98 Å². The van der Waals surface area contributed by atoms with E-state index in [9.17, 15) is 4.79 Å². The molecule has 0 aliphatic rings. The van der Waals surface area contributed by atoms with Crippen LogP contribution in [0.4, 0.5) is 5.69 Å². The fourth-order valence-electron chi connectivity index (χ4n) is 1.61. The third kappa shape index (κ3) is 3.37.